The summed E-state index contributed by atoms with van der Waals surface area (Å²) >= 11 is 0. The molecular weight excluding hydrogens is 379 g/mol. The Kier molecular flexibility index (Phi) is 5.95. The quantitative estimate of drug-likeness (QED) is 0.654. The van der Waals surface area contributed by atoms with Crippen LogP contribution in [0, 0.1) is 12.7 Å². The van der Waals surface area contributed by atoms with Crippen molar-refractivity contribution in [3.63, 3.8) is 0 Å². The summed E-state index contributed by atoms with van der Waals surface area (Å²) in [6, 6.07) is 14.2. The fraction of sp³-hybridized carbons (Fsp3) is 0.333. The molecule has 156 valence electrons. The fourth-order valence-electron chi connectivity index (χ4n) is 3.84. The van der Waals surface area contributed by atoms with Gasteiger partial charge in [-0.1, -0.05) is 36.8 Å². The lowest BCUT2D eigenvalue weighted by Gasteiger charge is -2.21. The zero-order valence-electron chi connectivity index (χ0n) is 17.5. The molecule has 30 heavy (non-hydrogen) atoms. The molecule has 0 aliphatic carbocycles. The SMILES string of the molecule is CCN1CCCN(C(=O)c2cn(-c3ccc(F)cc3)nc2-c2ccc(C)cc2)CC1. The van der Waals surface area contributed by atoms with Crippen LogP contribution in [0.2, 0.25) is 0 Å². The maximum atomic E-state index is 13.5. The van der Waals surface area contributed by atoms with E-state index in [0.717, 1.165) is 49.4 Å². The molecule has 1 amide bonds. The van der Waals surface area contributed by atoms with Gasteiger partial charge in [0.1, 0.15) is 11.5 Å². The summed E-state index contributed by atoms with van der Waals surface area (Å²) in [5.41, 5.74) is 4.00. The van der Waals surface area contributed by atoms with Crippen molar-refractivity contribution in [3.8, 4) is 16.9 Å². The summed E-state index contributed by atoms with van der Waals surface area (Å²) in [7, 11) is 0. The van der Waals surface area contributed by atoms with Crippen molar-refractivity contribution in [1.29, 1.82) is 0 Å². The topological polar surface area (TPSA) is 41.4 Å². The van der Waals surface area contributed by atoms with Gasteiger partial charge >= 0.3 is 0 Å². The minimum atomic E-state index is -0.300. The number of aryl methyl sites for hydroxylation is 1. The molecule has 1 aliphatic heterocycles. The first-order valence-electron chi connectivity index (χ1n) is 10.5. The van der Waals surface area contributed by atoms with Gasteiger partial charge in [0.25, 0.3) is 5.91 Å². The Hall–Kier alpha value is -2.99. The Morgan fingerprint density at radius 1 is 1.00 bits per heavy atom. The van der Waals surface area contributed by atoms with Gasteiger partial charge in [0.15, 0.2) is 0 Å². The van der Waals surface area contributed by atoms with Crippen molar-refractivity contribution >= 4 is 5.91 Å². The highest BCUT2D eigenvalue weighted by Crippen LogP contribution is 2.26. The largest absolute Gasteiger partial charge is 0.337 e. The van der Waals surface area contributed by atoms with Crippen molar-refractivity contribution in [2.45, 2.75) is 20.3 Å². The molecule has 4 rings (SSSR count). The molecule has 0 bridgehead atoms. The summed E-state index contributed by atoms with van der Waals surface area (Å²) in [6.45, 7) is 8.53. The number of aromatic nitrogens is 2. The van der Waals surface area contributed by atoms with Crippen LogP contribution in [0.3, 0.4) is 0 Å². The third kappa shape index (κ3) is 4.28. The zero-order chi connectivity index (χ0) is 21.1. The highest BCUT2D eigenvalue weighted by molar-refractivity contribution is 6.00. The standard InChI is InChI=1S/C24H27FN4O/c1-3-27-13-4-14-28(16-15-27)24(30)22-17-29(21-11-9-20(25)10-12-21)26-23(22)19-7-5-18(2)6-8-19/h5-12,17H,3-4,13-16H2,1-2H3. The van der Waals surface area contributed by atoms with Crippen LogP contribution in [0.5, 0.6) is 0 Å². The zero-order valence-corrected chi connectivity index (χ0v) is 17.5. The number of hydrogen-bond donors (Lipinski definition) is 0. The number of likely N-dealkylation sites (N-methyl/N-ethyl adjacent to an activating group) is 1. The average molecular weight is 407 g/mol. The van der Waals surface area contributed by atoms with Gasteiger partial charge in [-0.3, -0.25) is 4.79 Å². The van der Waals surface area contributed by atoms with Crippen LogP contribution in [0.15, 0.2) is 54.7 Å². The number of carbonyl (C=O) groups is 1. The molecule has 2 aromatic carbocycles. The average Bonchev–Trinajstić information content (AvgIpc) is 3.06. The van der Waals surface area contributed by atoms with Crippen molar-refractivity contribution in [2.75, 3.05) is 32.7 Å². The van der Waals surface area contributed by atoms with Crippen LogP contribution in [0.25, 0.3) is 16.9 Å². The maximum Gasteiger partial charge on any atom is 0.257 e. The van der Waals surface area contributed by atoms with Gasteiger partial charge in [-0.25, -0.2) is 9.07 Å². The molecule has 6 heteroatoms. The lowest BCUT2D eigenvalue weighted by atomic mass is 10.1. The van der Waals surface area contributed by atoms with E-state index in [4.69, 9.17) is 5.10 Å². The minimum Gasteiger partial charge on any atom is -0.337 e. The van der Waals surface area contributed by atoms with Gasteiger partial charge < -0.3 is 9.80 Å². The summed E-state index contributed by atoms with van der Waals surface area (Å²) < 4.78 is 15.0. The first-order chi connectivity index (χ1) is 14.5. The van der Waals surface area contributed by atoms with E-state index in [0.29, 0.717) is 17.8 Å². The molecule has 1 saturated heterocycles. The van der Waals surface area contributed by atoms with Gasteiger partial charge in [0.05, 0.1) is 11.3 Å². The second-order valence-electron chi connectivity index (χ2n) is 7.76. The van der Waals surface area contributed by atoms with Crippen molar-refractivity contribution < 1.29 is 9.18 Å². The Morgan fingerprint density at radius 2 is 1.73 bits per heavy atom. The molecule has 5 nitrogen and oxygen atoms in total. The predicted octanol–water partition coefficient (Wildman–Crippen LogP) is 4.15. The summed E-state index contributed by atoms with van der Waals surface area (Å²) in [5, 5.41) is 4.72. The molecule has 0 N–H and O–H groups in total. The molecule has 0 atom stereocenters. The van der Waals surface area contributed by atoms with Crippen LogP contribution in [0.1, 0.15) is 29.3 Å². The second kappa shape index (κ2) is 8.79. The maximum absolute atomic E-state index is 13.5. The van der Waals surface area contributed by atoms with E-state index in [2.05, 4.69) is 11.8 Å². The normalized spacial score (nSPS) is 15.2. The van der Waals surface area contributed by atoms with Crippen molar-refractivity contribution in [3.05, 3.63) is 71.7 Å². The molecule has 1 fully saturated rings. The molecule has 0 spiro atoms. The Bertz CT molecular complexity index is 1010. The van der Waals surface area contributed by atoms with E-state index in [1.807, 2.05) is 36.1 Å². The minimum absolute atomic E-state index is 0.00288. The first-order valence-corrected chi connectivity index (χ1v) is 10.5. The number of rotatable bonds is 4. The fourth-order valence-corrected chi connectivity index (χ4v) is 3.84. The number of benzene rings is 2. The number of amides is 1. The lowest BCUT2D eigenvalue weighted by molar-refractivity contribution is 0.0762. The van der Waals surface area contributed by atoms with Crippen LogP contribution in [0.4, 0.5) is 4.39 Å². The van der Waals surface area contributed by atoms with E-state index in [-0.39, 0.29) is 11.7 Å². The highest BCUT2D eigenvalue weighted by Gasteiger charge is 2.25. The lowest BCUT2D eigenvalue weighted by Crippen LogP contribution is -2.35. The van der Waals surface area contributed by atoms with E-state index in [1.165, 1.54) is 12.1 Å². The molecule has 0 unspecified atom stereocenters. The Morgan fingerprint density at radius 3 is 2.43 bits per heavy atom. The molecule has 3 aromatic rings. The van der Waals surface area contributed by atoms with E-state index in [1.54, 1.807) is 23.0 Å². The van der Waals surface area contributed by atoms with Crippen LogP contribution < -0.4 is 0 Å². The van der Waals surface area contributed by atoms with Crippen LogP contribution in [-0.4, -0.2) is 58.2 Å². The Labute approximate surface area is 176 Å². The summed E-state index contributed by atoms with van der Waals surface area (Å²) in [5.74, 6) is -0.303. The number of carbonyl (C=O) groups excluding carboxylic acids is 1. The predicted molar refractivity (Wildman–Crippen MR) is 116 cm³/mol. The molecule has 0 saturated carbocycles. The monoisotopic (exact) mass is 406 g/mol. The second-order valence-corrected chi connectivity index (χ2v) is 7.76. The molecule has 0 radical (unpaired) electrons. The summed E-state index contributed by atoms with van der Waals surface area (Å²) in [6.07, 6.45) is 2.73. The third-order valence-corrected chi connectivity index (χ3v) is 5.68. The van der Waals surface area contributed by atoms with Gasteiger partial charge in [-0.2, -0.15) is 5.10 Å². The third-order valence-electron chi connectivity index (χ3n) is 5.68. The van der Waals surface area contributed by atoms with Crippen molar-refractivity contribution in [1.82, 2.24) is 19.6 Å². The number of hydrogen-bond acceptors (Lipinski definition) is 3. The first kappa shape index (κ1) is 20.3. The van der Waals surface area contributed by atoms with Gasteiger partial charge in [-0.05, 0) is 50.7 Å². The van der Waals surface area contributed by atoms with E-state index < -0.39 is 0 Å². The number of nitrogens with zero attached hydrogens (tertiary/aromatic N) is 4. The molecule has 1 aliphatic rings. The van der Waals surface area contributed by atoms with E-state index in [9.17, 15) is 9.18 Å². The van der Waals surface area contributed by atoms with Gasteiger partial charge in [0, 0.05) is 31.4 Å². The smallest absolute Gasteiger partial charge is 0.257 e. The van der Waals surface area contributed by atoms with E-state index >= 15 is 0 Å². The molecular formula is C24H27FN4O. The van der Waals surface area contributed by atoms with Crippen LogP contribution in [-0.2, 0) is 0 Å². The van der Waals surface area contributed by atoms with Gasteiger partial charge in [-0.15, -0.1) is 0 Å². The van der Waals surface area contributed by atoms with Crippen LogP contribution >= 0.6 is 0 Å². The van der Waals surface area contributed by atoms with Gasteiger partial charge in [0.2, 0.25) is 0 Å². The molecule has 2 heterocycles. The summed E-state index contributed by atoms with van der Waals surface area (Å²) in [4.78, 5) is 17.8. The molecule has 1 aromatic heterocycles. The number of halogens is 1. The van der Waals surface area contributed by atoms with Crippen molar-refractivity contribution in [2.24, 2.45) is 0 Å². The highest BCUT2D eigenvalue weighted by atomic mass is 19.1. The Balaban J connectivity index is 1.72.